The number of anilines is 1. The number of aromatic nitrogens is 1. The molecule has 1 saturated heterocycles. The van der Waals surface area contributed by atoms with E-state index in [0.717, 1.165) is 36.6 Å². The molecular formula is C21H25F4N5O. The summed E-state index contributed by atoms with van der Waals surface area (Å²) in [6.45, 7) is 5.26. The average molecular weight is 439 g/mol. The maximum Gasteiger partial charge on any atom is 0.416 e. The normalized spacial score (nSPS) is 15.1. The highest BCUT2D eigenvalue weighted by atomic mass is 19.4. The summed E-state index contributed by atoms with van der Waals surface area (Å²) in [5.74, 6) is 0.254. The zero-order valence-corrected chi connectivity index (χ0v) is 17.2. The van der Waals surface area contributed by atoms with Gasteiger partial charge >= 0.3 is 6.18 Å². The Morgan fingerprint density at radius 1 is 1.16 bits per heavy atom. The van der Waals surface area contributed by atoms with Gasteiger partial charge in [0.15, 0.2) is 5.96 Å². The Morgan fingerprint density at radius 2 is 1.94 bits per heavy atom. The predicted octanol–water partition coefficient (Wildman–Crippen LogP) is 3.33. The fourth-order valence-electron chi connectivity index (χ4n) is 3.27. The van der Waals surface area contributed by atoms with Gasteiger partial charge in [0.05, 0.1) is 25.3 Å². The van der Waals surface area contributed by atoms with Crippen molar-refractivity contribution in [3.8, 4) is 0 Å². The molecule has 1 aliphatic heterocycles. The standard InChI is InChI=1S/C21H25F4N5O/c1-2-26-20(28-13-15-5-6-17(22)12-18(15)21(23,24)25)29-14-16-4-3-7-27-19(16)30-8-10-31-11-9-30/h3-7,12H,2,8-11,13-14H2,1H3,(H2,26,28,29). The average Bonchev–Trinajstić information content (AvgIpc) is 2.76. The highest BCUT2D eigenvalue weighted by Crippen LogP contribution is 2.32. The SMILES string of the molecule is CCNC(=NCc1cccnc1N1CCOCC1)NCc1ccc(F)cc1C(F)(F)F. The number of benzene rings is 1. The third-order valence-electron chi connectivity index (χ3n) is 4.75. The van der Waals surface area contributed by atoms with E-state index in [1.807, 2.05) is 19.1 Å². The number of halogens is 4. The summed E-state index contributed by atoms with van der Waals surface area (Å²) < 4.78 is 58.4. The molecule has 0 saturated carbocycles. The van der Waals surface area contributed by atoms with E-state index >= 15 is 0 Å². The van der Waals surface area contributed by atoms with E-state index in [1.54, 1.807) is 6.20 Å². The molecule has 2 heterocycles. The number of nitrogens with one attached hydrogen (secondary N) is 2. The van der Waals surface area contributed by atoms with Crippen LogP contribution in [0.2, 0.25) is 0 Å². The lowest BCUT2D eigenvalue weighted by atomic mass is 10.1. The summed E-state index contributed by atoms with van der Waals surface area (Å²) in [6, 6.07) is 6.40. The highest BCUT2D eigenvalue weighted by molar-refractivity contribution is 5.79. The molecule has 1 aromatic carbocycles. The minimum absolute atomic E-state index is 0.0603. The number of aliphatic imine (C=N–C) groups is 1. The zero-order chi connectivity index (χ0) is 22.3. The van der Waals surface area contributed by atoms with Crippen molar-refractivity contribution in [2.45, 2.75) is 26.2 Å². The summed E-state index contributed by atoms with van der Waals surface area (Å²) in [5.41, 5.74) is -0.160. The van der Waals surface area contributed by atoms with E-state index in [1.165, 1.54) is 0 Å². The predicted molar refractivity (Wildman–Crippen MR) is 110 cm³/mol. The summed E-state index contributed by atoms with van der Waals surface area (Å²) >= 11 is 0. The number of alkyl halides is 3. The molecule has 2 N–H and O–H groups in total. The van der Waals surface area contributed by atoms with Crippen molar-refractivity contribution in [2.24, 2.45) is 4.99 Å². The number of guanidine groups is 1. The molecule has 0 unspecified atom stereocenters. The largest absolute Gasteiger partial charge is 0.416 e. The van der Waals surface area contributed by atoms with E-state index in [-0.39, 0.29) is 12.1 Å². The van der Waals surface area contributed by atoms with Gasteiger partial charge in [0, 0.05) is 37.9 Å². The number of pyridine rings is 1. The molecule has 31 heavy (non-hydrogen) atoms. The van der Waals surface area contributed by atoms with Crippen molar-refractivity contribution in [1.82, 2.24) is 15.6 Å². The topological polar surface area (TPSA) is 61.8 Å². The van der Waals surface area contributed by atoms with Crippen LogP contribution in [0.5, 0.6) is 0 Å². The maximum absolute atomic E-state index is 13.3. The van der Waals surface area contributed by atoms with Gasteiger partial charge in [0.25, 0.3) is 0 Å². The Morgan fingerprint density at radius 3 is 2.65 bits per heavy atom. The second-order valence-electron chi connectivity index (χ2n) is 6.93. The van der Waals surface area contributed by atoms with Crippen LogP contribution in [0.1, 0.15) is 23.6 Å². The van der Waals surface area contributed by atoms with Crippen molar-refractivity contribution in [3.63, 3.8) is 0 Å². The van der Waals surface area contributed by atoms with Crippen LogP contribution in [0, 0.1) is 5.82 Å². The zero-order valence-electron chi connectivity index (χ0n) is 17.2. The van der Waals surface area contributed by atoms with Gasteiger partial charge in [-0.3, -0.25) is 0 Å². The van der Waals surface area contributed by atoms with Crippen LogP contribution in [0.15, 0.2) is 41.5 Å². The van der Waals surface area contributed by atoms with Crippen molar-refractivity contribution in [2.75, 3.05) is 37.7 Å². The van der Waals surface area contributed by atoms with Gasteiger partial charge in [0.1, 0.15) is 11.6 Å². The summed E-state index contributed by atoms with van der Waals surface area (Å²) in [5, 5.41) is 5.92. The molecule has 2 aromatic rings. The Bertz CT molecular complexity index is 898. The van der Waals surface area contributed by atoms with Gasteiger partial charge in [-0.1, -0.05) is 12.1 Å². The third kappa shape index (κ3) is 6.30. The first-order chi connectivity index (χ1) is 14.9. The van der Waals surface area contributed by atoms with Crippen LogP contribution in [0.3, 0.4) is 0 Å². The lowest BCUT2D eigenvalue weighted by Gasteiger charge is -2.29. The van der Waals surface area contributed by atoms with E-state index < -0.39 is 17.6 Å². The van der Waals surface area contributed by atoms with Gasteiger partial charge in [-0.2, -0.15) is 13.2 Å². The minimum Gasteiger partial charge on any atom is -0.378 e. The van der Waals surface area contributed by atoms with Crippen LogP contribution in [-0.4, -0.2) is 43.8 Å². The highest BCUT2D eigenvalue weighted by Gasteiger charge is 2.33. The summed E-state index contributed by atoms with van der Waals surface area (Å²) in [4.78, 5) is 11.1. The summed E-state index contributed by atoms with van der Waals surface area (Å²) in [7, 11) is 0. The third-order valence-corrected chi connectivity index (χ3v) is 4.75. The van der Waals surface area contributed by atoms with E-state index in [2.05, 4.69) is 25.5 Å². The first kappa shape index (κ1) is 22.8. The molecule has 1 aromatic heterocycles. The van der Waals surface area contributed by atoms with Crippen LogP contribution < -0.4 is 15.5 Å². The molecule has 0 bridgehead atoms. The van der Waals surface area contributed by atoms with E-state index in [0.29, 0.717) is 38.3 Å². The quantitative estimate of drug-likeness (QED) is 0.411. The van der Waals surface area contributed by atoms with Gasteiger partial charge in [-0.05, 0) is 30.7 Å². The molecule has 1 fully saturated rings. The molecule has 0 spiro atoms. The van der Waals surface area contributed by atoms with Crippen molar-refractivity contribution in [1.29, 1.82) is 0 Å². The molecule has 10 heteroatoms. The molecule has 1 aliphatic rings. The Labute approximate surface area is 178 Å². The molecule has 0 aliphatic carbocycles. The number of morpholine rings is 1. The summed E-state index contributed by atoms with van der Waals surface area (Å²) in [6.07, 6.45) is -2.92. The molecule has 0 atom stereocenters. The maximum atomic E-state index is 13.3. The molecular weight excluding hydrogens is 414 g/mol. The Hall–Kier alpha value is -2.88. The number of hydrogen-bond donors (Lipinski definition) is 2. The molecule has 0 radical (unpaired) electrons. The number of nitrogens with zero attached hydrogens (tertiary/aromatic N) is 3. The van der Waals surface area contributed by atoms with E-state index in [9.17, 15) is 17.6 Å². The minimum atomic E-state index is -4.64. The fourth-order valence-corrected chi connectivity index (χ4v) is 3.27. The Balaban J connectivity index is 1.74. The molecule has 0 amide bonds. The van der Waals surface area contributed by atoms with Crippen LogP contribution in [0.4, 0.5) is 23.4 Å². The van der Waals surface area contributed by atoms with Gasteiger partial charge < -0.3 is 20.3 Å². The smallest absolute Gasteiger partial charge is 0.378 e. The van der Waals surface area contributed by atoms with Gasteiger partial charge in [-0.25, -0.2) is 14.4 Å². The first-order valence-electron chi connectivity index (χ1n) is 10.0. The number of ether oxygens (including phenoxy) is 1. The Kier molecular flexibility index (Phi) is 7.67. The lowest BCUT2D eigenvalue weighted by Crippen LogP contribution is -2.38. The van der Waals surface area contributed by atoms with Gasteiger partial charge in [0.2, 0.25) is 0 Å². The van der Waals surface area contributed by atoms with Crippen molar-refractivity contribution >= 4 is 11.8 Å². The van der Waals surface area contributed by atoms with Crippen molar-refractivity contribution < 1.29 is 22.3 Å². The van der Waals surface area contributed by atoms with Crippen LogP contribution in [-0.2, 0) is 24.0 Å². The number of rotatable bonds is 6. The van der Waals surface area contributed by atoms with Crippen LogP contribution in [0.25, 0.3) is 0 Å². The second kappa shape index (κ2) is 10.4. The first-order valence-corrected chi connectivity index (χ1v) is 10.0. The number of hydrogen-bond acceptors (Lipinski definition) is 4. The second-order valence-corrected chi connectivity index (χ2v) is 6.93. The molecule has 3 rings (SSSR count). The lowest BCUT2D eigenvalue weighted by molar-refractivity contribution is -0.138. The van der Waals surface area contributed by atoms with Crippen molar-refractivity contribution in [3.05, 3.63) is 59.0 Å². The monoisotopic (exact) mass is 439 g/mol. The molecule has 168 valence electrons. The van der Waals surface area contributed by atoms with E-state index in [4.69, 9.17) is 4.74 Å². The van der Waals surface area contributed by atoms with Gasteiger partial charge in [-0.15, -0.1) is 0 Å². The fraction of sp³-hybridized carbons (Fsp3) is 0.429. The molecule has 6 nitrogen and oxygen atoms in total. The van der Waals surface area contributed by atoms with Crippen LogP contribution >= 0.6 is 0 Å².